The molecule has 0 N–H and O–H groups in total. The molecule has 0 saturated heterocycles. The highest BCUT2D eigenvalue weighted by Crippen LogP contribution is 2.49. The summed E-state index contributed by atoms with van der Waals surface area (Å²) in [6.07, 6.45) is 21.7. The molecule has 0 heterocycles. The Bertz CT molecular complexity index is 598. The molecule has 2 aliphatic rings. The maximum absolute atomic E-state index is 3.85. The van der Waals surface area contributed by atoms with Gasteiger partial charge in [0, 0.05) is 0 Å². The van der Waals surface area contributed by atoms with Crippen LogP contribution in [0.5, 0.6) is 0 Å². The van der Waals surface area contributed by atoms with E-state index in [1.54, 1.807) is 0 Å². The minimum Gasteiger partial charge on any atom is -0.103 e. The Hall–Kier alpha value is -1.56. The van der Waals surface area contributed by atoms with E-state index < -0.39 is 0 Å². The van der Waals surface area contributed by atoms with Gasteiger partial charge in [0.1, 0.15) is 0 Å². The van der Waals surface area contributed by atoms with Crippen LogP contribution in [0.3, 0.4) is 0 Å². The Labute approximate surface area is 154 Å². The van der Waals surface area contributed by atoms with Crippen LogP contribution in [0, 0.1) is 17.3 Å². The van der Waals surface area contributed by atoms with E-state index in [4.69, 9.17) is 0 Å². The fourth-order valence-electron chi connectivity index (χ4n) is 4.97. The fourth-order valence-corrected chi connectivity index (χ4v) is 4.97. The van der Waals surface area contributed by atoms with Gasteiger partial charge in [-0.2, -0.15) is 0 Å². The van der Waals surface area contributed by atoms with Crippen LogP contribution >= 0.6 is 0 Å². The second kappa shape index (κ2) is 8.70. The Kier molecular flexibility index (Phi) is 6.34. The molecule has 0 nitrogen and oxygen atoms in total. The summed E-state index contributed by atoms with van der Waals surface area (Å²) < 4.78 is 0. The maximum Gasteiger partial charge on any atom is -0.00545 e. The molecule has 1 saturated carbocycles. The number of hydrogen-bond donors (Lipinski definition) is 0. The molecule has 3 rings (SSSR count). The lowest BCUT2D eigenvalue weighted by molar-refractivity contribution is 0.135. The highest BCUT2D eigenvalue weighted by Gasteiger charge is 2.37. The topological polar surface area (TPSA) is 0 Å². The van der Waals surface area contributed by atoms with E-state index in [-0.39, 0.29) is 0 Å². The van der Waals surface area contributed by atoms with E-state index >= 15 is 0 Å². The minimum absolute atomic E-state index is 0.407. The van der Waals surface area contributed by atoms with Gasteiger partial charge in [0.15, 0.2) is 0 Å². The van der Waals surface area contributed by atoms with Crippen LogP contribution in [0.4, 0.5) is 0 Å². The second-order valence-corrected chi connectivity index (χ2v) is 8.09. The van der Waals surface area contributed by atoms with Crippen molar-refractivity contribution in [2.75, 3.05) is 0 Å². The van der Waals surface area contributed by atoms with E-state index in [0.29, 0.717) is 5.41 Å². The van der Waals surface area contributed by atoms with Gasteiger partial charge in [-0.05, 0) is 66.9 Å². The van der Waals surface area contributed by atoms with E-state index in [2.05, 4.69) is 68.1 Å². The van der Waals surface area contributed by atoms with Crippen molar-refractivity contribution in [1.29, 1.82) is 0 Å². The summed E-state index contributed by atoms with van der Waals surface area (Å²) in [7, 11) is 0. The molecule has 1 aromatic carbocycles. The quantitative estimate of drug-likeness (QED) is 0.356. The molecule has 134 valence electrons. The fraction of sp³-hybridized carbons (Fsp3) is 0.520. The molecule has 0 aromatic heterocycles. The third kappa shape index (κ3) is 4.35. The first-order valence-corrected chi connectivity index (χ1v) is 10.3. The first kappa shape index (κ1) is 18.2. The van der Waals surface area contributed by atoms with Crippen LogP contribution < -0.4 is 0 Å². The summed E-state index contributed by atoms with van der Waals surface area (Å²) in [4.78, 5) is 0. The Morgan fingerprint density at radius 2 is 1.88 bits per heavy atom. The maximum atomic E-state index is 3.85. The zero-order valence-electron chi connectivity index (χ0n) is 15.9. The molecule has 0 spiro atoms. The van der Waals surface area contributed by atoms with Crippen molar-refractivity contribution < 1.29 is 0 Å². The zero-order chi connectivity index (χ0) is 17.5. The van der Waals surface area contributed by atoms with Gasteiger partial charge >= 0.3 is 0 Å². The van der Waals surface area contributed by atoms with Gasteiger partial charge in [0.25, 0.3) is 0 Å². The summed E-state index contributed by atoms with van der Waals surface area (Å²) in [5.41, 5.74) is 3.17. The van der Waals surface area contributed by atoms with Crippen LogP contribution in [-0.2, 0) is 0 Å². The highest BCUT2D eigenvalue weighted by atomic mass is 14.4. The number of unbranched alkanes of at least 4 members (excludes halogenated alkanes) is 1. The largest absolute Gasteiger partial charge is 0.103 e. The minimum atomic E-state index is 0.407. The van der Waals surface area contributed by atoms with Gasteiger partial charge in [-0.3, -0.25) is 0 Å². The second-order valence-electron chi connectivity index (χ2n) is 8.09. The van der Waals surface area contributed by atoms with Gasteiger partial charge in [0.05, 0.1) is 0 Å². The highest BCUT2D eigenvalue weighted by molar-refractivity contribution is 5.75. The monoisotopic (exact) mass is 334 g/mol. The Balaban J connectivity index is 1.59. The van der Waals surface area contributed by atoms with Crippen molar-refractivity contribution in [3.63, 3.8) is 0 Å². The lowest BCUT2D eigenvalue weighted by Crippen LogP contribution is -2.32. The van der Waals surface area contributed by atoms with Gasteiger partial charge < -0.3 is 0 Å². The molecule has 0 bridgehead atoms. The number of rotatable bonds is 7. The lowest BCUT2D eigenvalue weighted by Gasteiger charge is -2.43. The van der Waals surface area contributed by atoms with E-state index in [0.717, 1.165) is 11.8 Å². The van der Waals surface area contributed by atoms with E-state index in [9.17, 15) is 0 Å². The molecule has 25 heavy (non-hydrogen) atoms. The molecule has 0 aliphatic heterocycles. The molecule has 2 aliphatic carbocycles. The Morgan fingerprint density at radius 1 is 1.12 bits per heavy atom. The summed E-state index contributed by atoms with van der Waals surface area (Å²) in [6.45, 7) is 6.24. The third-order valence-electron chi connectivity index (χ3n) is 6.74. The molecule has 1 fully saturated rings. The summed E-state index contributed by atoms with van der Waals surface area (Å²) in [5.74, 6) is 1.84. The molecule has 0 heteroatoms. The number of benzene rings is 1. The van der Waals surface area contributed by atoms with Gasteiger partial charge in [-0.1, -0.05) is 80.8 Å². The third-order valence-corrected chi connectivity index (χ3v) is 6.74. The van der Waals surface area contributed by atoms with Crippen molar-refractivity contribution >= 4 is 5.57 Å². The van der Waals surface area contributed by atoms with Crippen LogP contribution in [0.1, 0.15) is 70.3 Å². The average Bonchev–Trinajstić information content (AvgIpc) is 2.69. The average molecular weight is 335 g/mol. The van der Waals surface area contributed by atoms with E-state index in [1.807, 2.05) is 0 Å². The molecule has 0 amide bonds. The van der Waals surface area contributed by atoms with Crippen LogP contribution in [0.25, 0.3) is 5.57 Å². The molecule has 1 atom stereocenters. The molecule has 1 aromatic rings. The predicted octanol–water partition coefficient (Wildman–Crippen LogP) is 7.59. The van der Waals surface area contributed by atoms with E-state index in [1.165, 1.54) is 68.9 Å². The van der Waals surface area contributed by atoms with Crippen molar-refractivity contribution in [3.8, 4) is 0 Å². The molecule has 1 unspecified atom stereocenters. The Morgan fingerprint density at radius 3 is 2.48 bits per heavy atom. The first-order chi connectivity index (χ1) is 12.3. The molecule has 0 radical (unpaired) electrons. The van der Waals surface area contributed by atoms with Gasteiger partial charge in [-0.15, -0.1) is 6.58 Å². The van der Waals surface area contributed by atoms with Gasteiger partial charge in [-0.25, -0.2) is 0 Å². The first-order valence-electron chi connectivity index (χ1n) is 10.3. The van der Waals surface area contributed by atoms with Crippen LogP contribution in [0.15, 0.2) is 61.2 Å². The SMILES string of the molecule is C=CCCCC1CCC(C2(CC)C=CC(c3ccccc3)=CC2)CC1. The molecular formula is C25H34. The van der Waals surface area contributed by atoms with Crippen molar-refractivity contribution in [2.45, 2.75) is 64.7 Å². The standard InChI is InChI=1S/C25H34/c1-3-5-7-10-21-13-15-24(16-14-21)25(4-2)19-17-23(18-20-25)22-11-8-6-9-12-22/h3,6,8-9,11-12,17-19,21,24H,1,4-5,7,10,13-16,20H2,2H3. The lowest BCUT2D eigenvalue weighted by atomic mass is 9.62. The van der Waals surface area contributed by atoms with Crippen molar-refractivity contribution in [2.24, 2.45) is 17.3 Å². The van der Waals surface area contributed by atoms with Crippen molar-refractivity contribution in [1.82, 2.24) is 0 Å². The van der Waals surface area contributed by atoms with Crippen LogP contribution in [0.2, 0.25) is 0 Å². The van der Waals surface area contributed by atoms with Crippen LogP contribution in [-0.4, -0.2) is 0 Å². The van der Waals surface area contributed by atoms with Gasteiger partial charge in [0.2, 0.25) is 0 Å². The normalized spacial score (nSPS) is 29.2. The van der Waals surface area contributed by atoms with Crippen molar-refractivity contribution in [3.05, 3.63) is 66.8 Å². The zero-order valence-corrected chi connectivity index (χ0v) is 15.9. The summed E-state index contributed by atoms with van der Waals surface area (Å²) >= 11 is 0. The summed E-state index contributed by atoms with van der Waals surface area (Å²) in [6, 6.07) is 10.8. The smallest absolute Gasteiger partial charge is 0.00545 e. The molecular weight excluding hydrogens is 300 g/mol. The predicted molar refractivity (Wildman–Crippen MR) is 110 cm³/mol. The number of allylic oxidation sites excluding steroid dienone is 5. The summed E-state index contributed by atoms with van der Waals surface area (Å²) in [5, 5.41) is 0. The number of hydrogen-bond acceptors (Lipinski definition) is 0.